The van der Waals surface area contributed by atoms with E-state index in [2.05, 4.69) is 45.3 Å². The molecule has 0 amide bonds. The molecule has 16 heavy (non-hydrogen) atoms. The number of hydrogen-bond donors (Lipinski definition) is 1. The molecule has 1 nitrogen and oxygen atoms in total. The highest BCUT2D eigenvalue weighted by Gasteiger charge is 2.23. The number of para-hydroxylation sites is 1. The number of rotatable bonds is 0. The van der Waals surface area contributed by atoms with E-state index in [0.717, 1.165) is 10.2 Å². The van der Waals surface area contributed by atoms with Crippen LogP contribution in [0.4, 0.5) is 5.69 Å². The number of nitrogens with one attached hydrogen (secondary N) is 1. The van der Waals surface area contributed by atoms with Crippen LogP contribution in [0.15, 0.2) is 46.9 Å². The maximum atomic E-state index is 6.38. The lowest BCUT2D eigenvalue weighted by Crippen LogP contribution is -2.13. The molecule has 0 bridgehead atoms. The van der Waals surface area contributed by atoms with E-state index in [0.29, 0.717) is 0 Å². The predicted molar refractivity (Wildman–Crippen MR) is 75.6 cm³/mol. The van der Waals surface area contributed by atoms with Crippen molar-refractivity contribution in [2.24, 2.45) is 0 Å². The zero-order valence-corrected chi connectivity index (χ0v) is 11.5. The van der Waals surface area contributed by atoms with Crippen LogP contribution in [0.2, 0.25) is 0 Å². The number of fused-ring (bicyclic) bond motifs is 3. The molecular formula is C12H8BrClNP. The summed E-state index contributed by atoms with van der Waals surface area (Å²) in [5, 5.41) is 4.54. The third-order valence-corrected chi connectivity index (χ3v) is 5.31. The Kier molecular flexibility index (Phi) is 2.67. The second-order valence-electron chi connectivity index (χ2n) is 3.57. The molecule has 0 saturated carbocycles. The molecule has 0 fully saturated rings. The van der Waals surface area contributed by atoms with E-state index in [1.807, 2.05) is 18.2 Å². The molecule has 0 radical (unpaired) electrons. The van der Waals surface area contributed by atoms with Crippen LogP contribution < -0.4 is 10.4 Å². The molecule has 3 rings (SSSR count). The molecule has 1 aliphatic rings. The van der Waals surface area contributed by atoms with Gasteiger partial charge in [-0.25, -0.2) is 0 Å². The molecule has 1 aliphatic heterocycles. The summed E-state index contributed by atoms with van der Waals surface area (Å²) in [4.78, 5) is 0. The summed E-state index contributed by atoms with van der Waals surface area (Å²) < 4.78 is 1.10. The molecule has 0 aliphatic carbocycles. The summed E-state index contributed by atoms with van der Waals surface area (Å²) in [6, 6.07) is 14.4. The highest BCUT2D eigenvalue weighted by molar-refractivity contribution is 9.10. The maximum Gasteiger partial charge on any atom is 0.119 e. The largest absolute Gasteiger partial charge is 0.348 e. The van der Waals surface area contributed by atoms with Crippen LogP contribution in [0, 0.1) is 0 Å². The molecule has 0 saturated heterocycles. The van der Waals surface area contributed by atoms with Gasteiger partial charge in [0.2, 0.25) is 0 Å². The molecule has 1 N–H and O–H groups in total. The normalized spacial score (nSPS) is 17.2. The minimum atomic E-state index is -0.818. The first-order valence-electron chi connectivity index (χ1n) is 4.88. The van der Waals surface area contributed by atoms with Gasteiger partial charge in [0.1, 0.15) is 7.43 Å². The zero-order valence-electron chi connectivity index (χ0n) is 8.24. The number of benzene rings is 2. The van der Waals surface area contributed by atoms with Gasteiger partial charge in [0.05, 0.1) is 0 Å². The Balaban J connectivity index is 2.35. The van der Waals surface area contributed by atoms with Crippen LogP contribution in [0.25, 0.3) is 11.1 Å². The monoisotopic (exact) mass is 311 g/mol. The first-order valence-corrected chi connectivity index (χ1v) is 7.92. The summed E-state index contributed by atoms with van der Waals surface area (Å²) in [6.07, 6.45) is 0. The quantitative estimate of drug-likeness (QED) is 0.694. The minimum Gasteiger partial charge on any atom is -0.348 e. The highest BCUT2D eigenvalue weighted by atomic mass is 79.9. The average molecular weight is 313 g/mol. The van der Waals surface area contributed by atoms with Gasteiger partial charge in [0.15, 0.2) is 0 Å². The zero-order chi connectivity index (χ0) is 11.1. The van der Waals surface area contributed by atoms with Crippen molar-refractivity contribution >= 4 is 45.6 Å². The minimum absolute atomic E-state index is 0.818. The number of halogens is 2. The smallest absolute Gasteiger partial charge is 0.119 e. The van der Waals surface area contributed by atoms with Crippen molar-refractivity contribution in [1.29, 1.82) is 0 Å². The average Bonchev–Trinajstić information content (AvgIpc) is 2.30. The molecule has 80 valence electrons. The second-order valence-corrected chi connectivity index (χ2v) is 6.71. The lowest BCUT2D eigenvalue weighted by atomic mass is 10.0. The van der Waals surface area contributed by atoms with Gasteiger partial charge >= 0.3 is 0 Å². The maximum absolute atomic E-state index is 6.38. The van der Waals surface area contributed by atoms with Crippen molar-refractivity contribution in [2.75, 3.05) is 5.09 Å². The molecule has 1 heterocycles. The van der Waals surface area contributed by atoms with E-state index in [1.54, 1.807) is 0 Å². The number of anilines is 1. The standard InChI is InChI=1S/C12H8BrClNP/c13-9-5-3-7-11-12(9)8-4-1-2-6-10(8)15-16(11)14/h1-7,15H. The fraction of sp³-hybridized carbons (Fsp3) is 0. The Bertz CT molecular complexity index is 558. The van der Waals surface area contributed by atoms with Crippen molar-refractivity contribution in [1.82, 2.24) is 0 Å². The Morgan fingerprint density at radius 2 is 1.88 bits per heavy atom. The Hall–Kier alpha value is -0.560. The third kappa shape index (κ3) is 1.57. The second kappa shape index (κ2) is 4.03. The van der Waals surface area contributed by atoms with Gasteiger partial charge in [0.25, 0.3) is 0 Å². The Morgan fingerprint density at radius 3 is 2.75 bits per heavy atom. The molecule has 0 aromatic heterocycles. The molecule has 1 atom stereocenters. The summed E-state index contributed by atoms with van der Waals surface area (Å²) >= 11 is 9.98. The van der Waals surface area contributed by atoms with E-state index in [9.17, 15) is 0 Å². The Labute approximate surface area is 109 Å². The van der Waals surface area contributed by atoms with Crippen molar-refractivity contribution in [3.63, 3.8) is 0 Å². The van der Waals surface area contributed by atoms with Crippen molar-refractivity contribution in [3.05, 3.63) is 46.9 Å². The van der Waals surface area contributed by atoms with Gasteiger partial charge in [-0.2, -0.15) is 0 Å². The van der Waals surface area contributed by atoms with Crippen molar-refractivity contribution in [3.8, 4) is 11.1 Å². The SMILES string of the molecule is ClP1Nc2ccccc2-c2c(Br)cccc21. The van der Waals surface area contributed by atoms with Crippen LogP contribution in [0.1, 0.15) is 0 Å². The fourth-order valence-electron chi connectivity index (χ4n) is 1.91. The van der Waals surface area contributed by atoms with Crippen LogP contribution in [0.5, 0.6) is 0 Å². The molecule has 2 aromatic rings. The third-order valence-electron chi connectivity index (χ3n) is 2.62. The van der Waals surface area contributed by atoms with Gasteiger partial charge in [0, 0.05) is 26.6 Å². The van der Waals surface area contributed by atoms with Gasteiger partial charge in [-0.15, -0.1) is 0 Å². The van der Waals surface area contributed by atoms with Gasteiger partial charge in [-0.1, -0.05) is 57.5 Å². The van der Waals surface area contributed by atoms with Crippen LogP contribution in [-0.4, -0.2) is 0 Å². The highest BCUT2D eigenvalue weighted by Crippen LogP contribution is 2.51. The van der Waals surface area contributed by atoms with E-state index >= 15 is 0 Å². The fourth-order valence-corrected chi connectivity index (χ4v) is 4.52. The van der Waals surface area contributed by atoms with Crippen molar-refractivity contribution in [2.45, 2.75) is 0 Å². The van der Waals surface area contributed by atoms with Crippen molar-refractivity contribution < 1.29 is 0 Å². The molecular weight excluding hydrogens is 304 g/mol. The van der Waals surface area contributed by atoms with E-state index in [1.165, 1.54) is 16.4 Å². The first-order chi connectivity index (χ1) is 7.77. The lowest BCUT2D eigenvalue weighted by Gasteiger charge is -2.26. The lowest BCUT2D eigenvalue weighted by molar-refractivity contribution is 1.58. The predicted octanol–water partition coefficient (Wildman–Crippen LogP) is 4.72. The molecule has 2 aromatic carbocycles. The van der Waals surface area contributed by atoms with E-state index in [-0.39, 0.29) is 0 Å². The number of hydrogen-bond acceptors (Lipinski definition) is 1. The van der Waals surface area contributed by atoms with E-state index in [4.69, 9.17) is 11.2 Å². The molecule has 4 heteroatoms. The summed E-state index contributed by atoms with van der Waals surface area (Å²) in [5.41, 5.74) is 3.55. The summed E-state index contributed by atoms with van der Waals surface area (Å²) in [7, 11) is -0.818. The molecule has 0 spiro atoms. The summed E-state index contributed by atoms with van der Waals surface area (Å²) in [6.45, 7) is 0. The summed E-state index contributed by atoms with van der Waals surface area (Å²) in [5.74, 6) is 0. The van der Waals surface area contributed by atoms with Crippen LogP contribution in [0.3, 0.4) is 0 Å². The van der Waals surface area contributed by atoms with Gasteiger partial charge < -0.3 is 5.09 Å². The molecule has 1 unspecified atom stereocenters. The first kappa shape index (κ1) is 10.6. The van der Waals surface area contributed by atoms with Gasteiger partial charge in [-0.3, -0.25) is 0 Å². The van der Waals surface area contributed by atoms with Gasteiger partial charge in [-0.05, 0) is 12.1 Å². The van der Waals surface area contributed by atoms with E-state index < -0.39 is 7.43 Å². The topological polar surface area (TPSA) is 12.0 Å². The van der Waals surface area contributed by atoms with Crippen LogP contribution in [-0.2, 0) is 0 Å². The van der Waals surface area contributed by atoms with Crippen LogP contribution >= 0.6 is 34.6 Å². The Morgan fingerprint density at radius 1 is 1.06 bits per heavy atom.